The Labute approximate surface area is 228 Å². The van der Waals surface area contributed by atoms with Crippen LogP contribution in [0, 0.1) is 0 Å². The van der Waals surface area contributed by atoms with Crippen molar-refractivity contribution in [2.75, 3.05) is 13.7 Å². The molecule has 204 valence electrons. The van der Waals surface area contributed by atoms with Crippen molar-refractivity contribution >= 4 is 27.1 Å². The van der Waals surface area contributed by atoms with E-state index in [0.717, 1.165) is 29.4 Å². The predicted octanol–water partition coefficient (Wildman–Crippen LogP) is 3.81. The second-order valence-corrected chi connectivity index (χ2v) is 11.5. The van der Waals surface area contributed by atoms with Gasteiger partial charge in [0.2, 0.25) is 0 Å². The number of H-pyrrole nitrogens is 1. The molecule has 1 amide bonds. The number of carbonyl (C=O) groups is 1. The van der Waals surface area contributed by atoms with Crippen molar-refractivity contribution < 1.29 is 17.9 Å². The van der Waals surface area contributed by atoms with Crippen LogP contribution in [0.2, 0.25) is 0 Å². The van der Waals surface area contributed by atoms with Crippen LogP contribution in [-0.4, -0.2) is 44.0 Å². The van der Waals surface area contributed by atoms with E-state index in [1.807, 2.05) is 54.6 Å². The summed E-state index contributed by atoms with van der Waals surface area (Å²) in [7, 11) is -2.18. The quantitative estimate of drug-likeness (QED) is 0.240. The van der Waals surface area contributed by atoms with Crippen molar-refractivity contribution in [2.24, 2.45) is 0 Å². The molecule has 0 bridgehead atoms. The molecule has 1 aliphatic carbocycles. The van der Waals surface area contributed by atoms with Crippen LogP contribution in [0.25, 0.3) is 11.0 Å². The van der Waals surface area contributed by atoms with Gasteiger partial charge in [-0.3, -0.25) is 4.79 Å². The molecule has 9 nitrogen and oxygen atoms in total. The largest absolute Gasteiger partial charge is 0.496 e. The fourth-order valence-corrected chi connectivity index (χ4v) is 6.42. The summed E-state index contributed by atoms with van der Waals surface area (Å²) in [5.74, 6) is 0.886. The number of para-hydroxylation sites is 3. The first-order valence-electron chi connectivity index (χ1n) is 13.0. The summed E-state index contributed by atoms with van der Waals surface area (Å²) in [6, 6.07) is 24.6. The van der Waals surface area contributed by atoms with E-state index < -0.39 is 10.2 Å². The third-order valence-corrected chi connectivity index (χ3v) is 8.63. The molecule has 1 aromatic heterocycles. The lowest BCUT2D eigenvalue weighted by molar-refractivity contribution is 0.0932. The molecule has 39 heavy (non-hydrogen) atoms. The number of imidazole rings is 1. The van der Waals surface area contributed by atoms with Gasteiger partial charge in [-0.05, 0) is 55.5 Å². The standard InChI is InChI=1S/C29H33N5O4S/c1-38-26-14-8-5-11-23(26)28(35)30-20-29(21-9-3-2-4-10-21)17-15-22(16-18-29)34-39(36,37)31-19-27-32-24-12-6-7-13-25(24)33-27/h2-14,22,31,34H,15-20H2,1H3,(H,30,35)(H,32,33)/t22-,29-. The zero-order chi connectivity index (χ0) is 27.3. The van der Waals surface area contributed by atoms with E-state index in [-0.39, 0.29) is 23.9 Å². The Morgan fingerprint density at radius 3 is 2.44 bits per heavy atom. The summed E-state index contributed by atoms with van der Waals surface area (Å²) in [6.07, 6.45) is 2.73. The van der Waals surface area contributed by atoms with Crippen molar-refractivity contribution in [1.29, 1.82) is 0 Å². The molecule has 0 aliphatic heterocycles. The lowest BCUT2D eigenvalue weighted by atomic mass is 9.68. The summed E-state index contributed by atoms with van der Waals surface area (Å²) < 4.78 is 36.4. The Morgan fingerprint density at radius 2 is 1.69 bits per heavy atom. The van der Waals surface area contributed by atoms with E-state index in [0.29, 0.717) is 36.5 Å². The molecule has 10 heteroatoms. The Hall–Kier alpha value is -3.73. The molecule has 0 saturated heterocycles. The molecule has 4 aromatic rings. The van der Waals surface area contributed by atoms with Gasteiger partial charge < -0.3 is 15.0 Å². The van der Waals surface area contributed by atoms with Gasteiger partial charge in [-0.25, -0.2) is 4.98 Å². The first kappa shape index (κ1) is 26.9. The maximum Gasteiger partial charge on any atom is 0.277 e. The van der Waals surface area contributed by atoms with Crippen molar-refractivity contribution in [2.45, 2.75) is 43.7 Å². The van der Waals surface area contributed by atoms with Gasteiger partial charge in [-0.2, -0.15) is 17.9 Å². The number of hydrogen-bond donors (Lipinski definition) is 4. The number of aromatic amines is 1. The second-order valence-electron chi connectivity index (χ2n) is 9.95. The van der Waals surface area contributed by atoms with E-state index in [9.17, 15) is 13.2 Å². The Bertz CT molecular complexity index is 1500. The number of nitrogens with zero attached hydrogens (tertiary/aromatic N) is 1. The second kappa shape index (κ2) is 11.6. The molecular formula is C29H33N5O4S. The van der Waals surface area contributed by atoms with E-state index in [1.54, 1.807) is 19.2 Å². The highest BCUT2D eigenvalue weighted by molar-refractivity contribution is 7.87. The van der Waals surface area contributed by atoms with Crippen LogP contribution < -0.4 is 19.5 Å². The number of fused-ring (bicyclic) bond motifs is 1. The number of methoxy groups -OCH3 is 1. The number of rotatable bonds is 10. The van der Waals surface area contributed by atoms with Gasteiger partial charge in [-0.1, -0.05) is 54.6 Å². The van der Waals surface area contributed by atoms with Crippen LogP contribution in [-0.2, 0) is 22.2 Å². The Kier molecular flexibility index (Phi) is 7.97. The van der Waals surface area contributed by atoms with Gasteiger partial charge in [-0.15, -0.1) is 0 Å². The van der Waals surface area contributed by atoms with Crippen LogP contribution >= 0.6 is 0 Å². The van der Waals surface area contributed by atoms with Crippen molar-refractivity contribution in [3.05, 3.63) is 95.8 Å². The molecule has 0 radical (unpaired) electrons. The predicted molar refractivity (Wildman–Crippen MR) is 151 cm³/mol. The molecule has 1 fully saturated rings. The van der Waals surface area contributed by atoms with Gasteiger partial charge in [0.25, 0.3) is 16.1 Å². The topological polar surface area (TPSA) is 125 Å². The molecular weight excluding hydrogens is 514 g/mol. The monoisotopic (exact) mass is 547 g/mol. The number of carbonyl (C=O) groups excluding carboxylic acids is 1. The lowest BCUT2D eigenvalue weighted by Crippen LogP contribution is -2.49. The van der Waals surface area contributed by atoms with E-state index >= 15 is 0 Å². The molecule has 5 rings (SSSR count). The van der Waals surface area contributed by atoms with Crippen molar-refractivity contribution in [3.8, 4) is 5.75 Å². The molecule has 0 atom stereocenters. The van der Waals surface area contributed by atoms with E-state index in [1.165, 1.54) is 0 Å². The number of hydrogen-bond acceptors (Lipinski definition) is 5. The molecule has 4 N–H and O–H groups in total. The minimum Gasteiger partial charge on any atom is -0.496 e. The van der Waals surface area contributed by atoms with Crippen LogP contribution in [0.4, 0.5) is 0 Å². The maximum atomic E-state index is 13.0. The molecule has 3 aromatic carbocycles. The summed E-state index contributed by atoms with van der Waals surface area (Å²) in [5.41, 5.74) is 2.97. The minimum absolute atomic E-state index is 0.0691. The first-order chi connectivity index (χ1) is 18.9. The van der Waals surface area contributed by atoms with E-state index in [2.05, 4.69) is 36.9 Å². The molecule has 1 heterocycles. The summed E-state index contributed by atoms with van der Waals surface area (Å²) in [4.78, 5) is 20.6. The number of benzene rings is 3. The Morgan fingerprint density at radius 1 is 1.00 bits per heavy atom. The van der Waals surface area contributed by atoms with Crippen molar-refractivity contribution in [1.82, 2.24) is 24.7 Å². The van der Waals surface area contributed by atoms with Gasteiger partial charge in [0.15, 0.2) is 0 Å². The number of nitrogens with one attached hydrogen (secondary N) is 4. The summed E-state index contributed by atoms with van der Waals surface area (Å²) >= 11 is 0. The number of amides is 1. The molecule has 0 unspecified atom stereocenters. The minimum atomic E-state index is -3.73. The number of ether oxygens (including phenoxy) is 1. The smallest absolute Gasteiger partial charge is 0.277 e. The first-order valence-corrected chi connectivity index (χ1v) is 14.5. The normalized spacial score (nSPS) is 19.6. The zero-order valence-electron chi connectivity index (χ0n) is 21.8. The maximum absolute atomic E-state index is 13.0. The third kappa shape index (κ3) is 6.30. The highest BCUT2D eigenvalue weighted by Crippen LogP contribution is 2.39. The number of aromatic nitrogens is 2. The van der Waals surface area contributed by atoms with Gasteiger partial charge in [0.05, 0.1) is 30.3 Å². The fraction of sp³-hybridized carbons (Fsp3) is 0.310. The average Bonchev–Trinajstić information content (AvgIpc) is 3.39. The van der Waals surface area contributed by atoms with Gasteiger partial charge in [0, 0.05) is 18.0 Å². The van der Waals surface area contributed by atoms with Gasteiger partial charge in [0.1, 0.15) is 11.6 Å². The summed E-state index contributed by atoms with van der Waals surface area (Å²) in [6.45, 7) is 0.511. The summed E-state index contributed by atoms with van der Waals surface area (Å²) in [5, 5.41) is 3.11. The van der Waals surface area contributed by atoms with E-state index in [4.69, 9.17) is 4.74 Å². The molecule has 0 spiro atoms. The van der Waals surface area contributed by atoms with Crippen molar-refractivity contribution in [3.63, 3.8) is 0 Å². The van der Waals surface area contributed by atoms with Crippen LogP contribution in [0.3, 0.4) is 0 Å². The Balaban J connectivity index is 1.22. The average molecular weight is 548 g/mol. The molecule has 1 saturated carbocycles. The fourth-order valence-electron chi connectivity index (χ4n) is 5.34. The highest BCUT2D eigenvalue weighted by atomic mass is 32.2. The van der Waals surface area contributed by atoms with Crippen LogP contribution in [0.1, 0.15) is 47.4 Å². The lowest BCUT2D eigenvalue weighted by Gasteiger charge is -2.41. The highest BCUT2D eigenvalue weighted by Gasteiger charge is 2.38. The molecule has 1 aliphatic rings. The van der Waals surface area contributed by atoms with Crippen LogP contribution in [0.5, 0.6) is 5.75 Å². The zero-order valence-corrected chi connectivity index (χ0v) is 22.6. The third-order valence-electron chi connectivity index (χ3n) is 7.46. The van der Waals surface area contributed by atoms with Gasteiger partial charge >= 0.3 is 0 Å². The SMILES string of the molecule is COc1ccccc1C(=O)NC[C@]1(c2ccccc2)CC[C@H](NS(=O)(=O)NCc2nc3ccccc3[nH]2)CC1. The van der Waals surface area contributed by atoms with Crippen LogP contribution in [0.15, 0.2) is 78.9 Å².